The van der Waals surface area contributed by atoms with E-state index in [9.17, 15) is 4.79 Å². The average molecular weight is 322 g/mol. The van der Waals surface area contributed by atoms with Crippen LogP contribution >= 0.6 is 31.9 Å². The van der Waals surface area contributed by atoms with E-state index in [1.165, 1.54) is 0 Å². The van der Waals surface area contributed by atoms with Crippen molar-refractivity contribution in [2.45, 2.75) is 20.0 Å². The van der Waals surface area contributed by atoms with Crippen molar-refractivity contribution < 1.29 is 9.53 Å². The van der Waals surface area contributed by atoms with Crippen molar-refractivity contribution in [1.82, 2.24) is 0 Å². The van der Waals surface area contributed by atoms with Crippen LogP contribution in [0.4, 0.5) is 0 Å². The summed E-state index contributed by atoms with van der Waals surface area (Å²) in [6.45, 7) is 3.65. The van der Waals surface area contributed by atoms with E-state index in [4.69, 9.17) is 4.74 Å². The van der Waals surface area contributed by atoms with Gasteiger partial charge in [-0.3, -0.25) is 0 Å². The van der Waals surface area contributed by atoms with Crippen molar-refractivity contribution in [2.75, 3.05) is 0 Å². The highest BCUT2D eigenvalue weighted by atomic mass is 79.9. The third-order valence-corrected chi connectivity index (χ3v) is 2.64. The Morgan fingerprint density at radius 3 is 2.50 bits per heavy atom. The second-order valence-corrected chi connectivity index (χ2v) is 4.85. The smallest absolute Gasteiger partial charge is 0.339 e. The van der Waals surface area contributed by atoms with E-state index in [1.54, 1.807) is 6.07 Å². The first kappa shape index (κ1) is 11.7. The van der Waals surface area contributed by atoms with Crippen molar-refractivity contribution in [3.05, 3.63) is 32.7 Å². The van der Waals surface area contributed by atoms with Crippen molar-refractivity contribution in [3.8, 4) is 0 Å². The van der Waals surface area contributed by atoms with Gasteiger partial charge in [0, 0.05) is 8.95 Å². The van der Waals surface area contributed by atoms with Crippen LogP contribution in [-0.4, -0.2) is 12.1 Å². The van der Waals surface area contributed by atoms with Crippen LogP contribution in [-0.2, 0) is 4.74 Å². The Balaban J connectivity index is 2.90. The highest BCUT2D eigenvalue weighted by Gasteiger charge is 2.12. The number of rotatable bonds is 2. The minimum Gasteiger partial charge on any atom is -0.459 e. The summed E-state index contributed by atoms with van der Waals surface area (Å²) in [6.07, 6.45) is -0.0990. The molecule has 14 heavy (non-hydrogen) atoms. The summed E-state index contributed by atoms with van der Waals surface area (Å²) in [7, 11) is 0. The van der Waals surface area contributed by atoms with Crippen LogP contribution in [0.3, 0.4) is 0 Å². The fourth-order valence-corrected chi connectivity index (χ4v) is 2.14. The second kappa shape index (κ2) is 4.94. The molecule has 0 aliphatic rings. The molecule has 2 nitrogen and oxygen atoms in total. The Kier molecular flexibility index (Phi) is 4.13. The van der Waals surface area contributed by atoms with E-state index in [1.807, 2.05) is 26.0 Å². The lowest BCUT2D eigenvalue weighted by atomic mass is 10.2. The lowest BCUT2D eigenvalue weighted by Gasteiger charge is -2.09. The van der Waals surface area contributed by atoms with Crippen LogP contribution in [0.15, 0.2) is 27.1 Å². The topological polar surface area (TPSA) is 26.3 Å². The maximum absolute atomic E-state index is 11.5. The van der Waals surface area contributed by atoms with Gasteiger partial charge >= 0.3 is 5.97 Å². The predicted octanol–water partition coefficient (Wildman–Crippen LogP) is 3.78. The zero-order chi connectivity index (χ0) is 10.7. The van der Waals surface area contributed by atoms with E-state index in [0.29, 0.717) is 5.56 Å². The Morgan fingerprint density at radius 1 is 1.36 bits per heavy atom. The van der Waals surface area contributed by atoms with Gasteiger partial charge in [0.05, 0.1) is 11.7 Å². The summed E-state index contributed by atoms with van der Waals surface area (Å²) in [4.78, 5) is 11.5. The number of carbonyl (C=O) groups excluding carboxylic acids is 1. The third-order valence-electron chi connectivity index (χ3n) is 1.49. The van der Waals surface area contributed by atoms with Gasteiger partial charge in [0.1, 0.15) is 0 Å². The highest BCUT2D eigenvalue weighted by molar-refractivity contribution is 9.11. The van der Waals surface area contributed by atoms with Crippen LogP contribution < -0.4 is 0 Å². The normalized spacial score (nSPS) is 10.4. The summed E-state index contributed by atoms with van der Waals surface area (Å²) < 4.78 is 6.73. The van der Waals surface area contributed by atoms with Gasteiger partial charge in [-0.25, -0.2) is 4.79 Å². The molecule has 0 fully saturated rings. The fraction of sp³-hybridized carbons (Fsp3) is 0.300. The van der Waals surface area contributed by atoms with Crippen molar-refractivity contribution >= 4 is 37.8 Å². The SMILES string of the molecule is CC(C)OC(=O)c1ccc(Br)cc1Br. The monoisotopic (exact) mass is 320 g/mol. The number of ether oxygens (including phenoxy) is 1. The Hall–Kier alpha value is -0.350. The molecule has 0 aliphatic heterocycles. The molecule has 4 heteroatoms. The van der Waals surface area contributed by atoms with Crippen LogP contribution in [0.25, 0.3) is 0 Å². The first-order valence-corrected chi connectivity index (χ1v) is 5.75. The molecular weight excluding hydrogens is 312 g/mol. The fourth-order valence-electron chi connectivity index (χ4n) is 0.933. The summed E-state index contributed by atoms with van der Waals surface area (Å²) in [6, 6.07) is 5.34. The van der Waals surface area contributed by atoms with Crippen LogP contribution in [0.2, 0.25) is 0 Å². The molecule has 1 rings (SSSR count). The maximum atomic E-state index is 11.5. The molecule has 1 aromatic carbocycles. The standard InChI is InChI=1S/C10H10Br2O2/c1-6(2)14-10(13)8-4-3-7(11)5-9(8)12/h3-6H,1-2H3. The molecule has 0 spiro atoms. The molecule has 0 radical (unpaired) electrons. The first-order chi connectivity index (χ1) is 6.50. The van der Waals surface area contributed by atoms with Gasteiger partial charge in [0.15, 0.2) is 0 Å². The van der Waals surface area contributed by atoms with Crippen LogP contribution in [0, 0.1) is 0 Å². The van der Waals surface area contributed by atoms with Crippen LogP contribution in [0.5, 0.6) is 0 Å². The minimum atomic E-state index is -0.306. The van der Waals surface area contributed by atoms with E-state index in [-0.39, 0.29) is 12.1 Å². The zero-order valence-electron chi connectivity index (χ0n) is 7.88. The molecule has 0 unspecified atom stereocenters. The van der Waals surface area contributed by atoms with E-state index in [0.717, 1.165) is 8.95 Å². The molecule has 0 aliphatic carbocycles. The largest absolute Gasteiger partial charge is 0.459 e. The molecule has 0 bridgehead atoms. The summed E-state index contributed by atoms with van der Waals surface area (Å²) in [5, 5.41) is 0. The van der Waals surface area contributed by atoms with E-state index in [2.05, 4.69) is 31.9 Å². The number of hydrogen-bond acceptors (Lipinski definition) is 2. The molecule has 0 heterocycles. The van der Waals surface area contributed by atoms with Gasteiger partial charge in [-0.15, -0.1) is 0 Å². The van der Waals surface area contributed by atoms with Gasteiger partial charge in [-0.1, -0.05) is 15.9 Å². The summed E-state index contributed by atoms with van der Waals surface area (Å²) in [5.41, 5.74) is 0.543. The molecule has 0 saturated carbocycles. The number of hydrogen-bond donors (Lipinski definition) is 0. The molecule has 0 N–H and O–H groups in total. The minimum absolute atomic E-state index is 0.0990. The summed E-state index contributed by atoms with van der Waals surface area (Å²) in [5.74, 6) is -0.306. The predicted molar refractivity (Wildman–Crippen MR) is 62.4 cm³/mol. The van der Waals surface area contributed by atoms with Gasteiger partial charge in [-0.2, -0.15) is 0 Å². The number of esters is 1. The van der Waals surface area contributed by atoms with Gasteiger partial charge in [0.2, 0.25) is 0 Å². The molecule has 1 aromatic rings. The second-order valence-electron chi connectivity index (χ2n) is 3.08. The van der Waals surface area contributed by atoms with Crippen molar-refractivity contribution in [1.29, 1.82) is 0 Å². The van der Waals surface area contributed by atoms with Crippen molar-refractivity contribution in [2.24, 2.45) is 0 Å². The molecule has 76 valence electrons. The molecular formula is C10H10Br2O2. The lowest BCUT2D eigenvalue weighted by molar-refractivity contribution is 0.0377. The lowest BCUT2D eigenvalue weighted by Crippen LogP contribution is -2.11. The summed E-state index contributed by atoms with van der Waals surface area (Å²) >= 11 is 6.62. The molecule has 0 aromatic heterocycles. The van der Waals surface area contributed by atoms with Crippen molar-refractivity contribution in [3.63, 3.8) is 0 Å². The number of carbonyl (C=O) groups is 1. The first-order valence-electron chi connectivity index (χ1n) is 4.16. The molecule has 0 saturated heterocycles. The van der Waals surface area contributed by atoms with Crippen LogP contribution in [0.1, 0.15) is 24.2 Å². The quantitative estimate of drug-likeness (QED) is 0.775. The molecule has 0 atom stereocenters. The number of benzene rings is 1. The maximum Gasteiger partial charge on any atom is 0.339 e. The van der Waals surface area contributed by atoms with E-state index >= 15 is 0 Å². The van der Waals surface area contributed by atoms with Gasteiger partial charge < -0.3 is 4.74 Å². The average Bonchev–Trinajstić information content (AvgIpc) is 2.01. The van der Waals surface area contributed by atoms with Gasteiger partial charge in [-0.05, 0) is 48.0 Å². The number of halogens is 2. The Morgan fingerprint density at radius 2 is 2.00 bits per heavy atom. The molecule has 0 amide bonds. The Bertz CT molecular complexity index is 348. The third kappa shape index (κ3) is 3.10. The van der Waals surface area contributed by atoms with Gasteiger partial charge in [0.25, 0.3) is 0 Å². The zero-order valence-corrected chi connectivity index (χ0v) is 11.1. The highest BCUT2D eigenvalue weighted by Crippen LogP contribution is 2.22. The van der Waals surface area contributed by atoms with E-state index < -0.39 is 0 Å². The Labute approximate surface area is 99.9 Å².